The summed E-state index contributed by atoms with van der Waals surface area (Å²) in [5, 5.41) is 0. The fourth-order valence-corrected chi connectivity index (χ4v) is 3.18. The largest absolute Gasteiger partial charge is 0.336 e. The zero-order valence-electron chi connectivity index (χ0n) is 13.3. The normalized spacial score (nSPS) is 15.6. The first-order valence-corrected chi connectivity index (χ1v) is 9.03. The van der Waals surface area contributed by atoms with Gasteiger partial charge in [-0.2, -0.15) is 0 Å². The van der Waals surface area contributed by atoms with E-state index < -0.39 is 0 Å². The van der Waals surface area contributed by atoms with Gasteiger partial charge in [0.25, 0.3) is 5.91 Å². The van der Waals surface area contributed by atoms with Gasteiger partial charge in [-0.25, -0.2) is 0 Å². The van der Waals surface area contributed by atoms with Gasteiger partial charge in [0.1, 0.15) is 0 Å². The first-order valence-electron chi connectivity index (χ1n) is 7.81. The van der Waals surface area contributed by atoms with E-state index in [1.165, 1.54) is 10.5 Å². The highest BCUT2D eigenvalue weighted by atomic mass is 32.2. The van der Waals surface area contributed by atoms with E-state index in [0.717, 1.165) is 38.3 Å². The number of nitrogens with zero attached hydrogens (tertiary/aromatic N) is 3. The van der Waals surface area contributed by atoms with E-state index in [4.69, 9.17) is 0 Å². The fraction of sp³-hybridized carbons (Fsp3) is 0.333. The highest BCUT2D eigenvalue weighted by molar-refractivity contribution is 7.98. The molecule has 2 heterocycles. The van der Waals surface area contributed by atoms with Gasteiger partial charge < -0.3 is 4.90 Å². The average Bonchev–Trinajstić information content (AvgIpc) is 2.63. The summed E-state index contributed by atoms with van der Waals surface area (Å²) in [4.78, 5) is 22.1. The van der Waals surface area contributed by atoms with Crippen molar-refractivity contribution in [3.63, 3.8) is 0 Å². The van der Waals surface area contributed by atoms with Gasteiger partial charge in [-0.05, 0) is 48.2 Å². The molecule has 0 N–H and O–H groups in total. The maximum atomic E-state index is 12.6. The average molecular weight is 327 g/mol. The molecule has 120 valence electrons. The summed E-state index contributed by atoms with van der Waals surface area (Å²) in [5.74, 6) is 0.140. The molecular formula is C18H21N3OS. The standard InChI is InChI=1S/C18H21N3OS/c1-23-17-4-2-16(3-5-17)18(22)21-12-10-20(11-13-21)14-15-6-8-19-9-7-15/h2-9H,10-14H2,1H3. The molecule has 0 aliphatic carbocycles. The van der Waals surface area contributed by atoms with Crippen LogP contribution in [0.25, 0.3) is 0 Å². The third kappa shape index (κ3) is 4.12. The van der Waals surface area contributed by atoms with Crippen molar-refractivity contribution in [1.82, 2.24) is 14.8 Å². The van der Waals surface area contributed by atoms with Crippen LogP contribution in [0.5, 0.6) is 0 Å². The van der Waals surface area contributed by atoms with Gasteiger partial charge in [0.15, 0.2) is 0 Å². The minimum atomic E-state index is 0.140. The molecule has 1 amide bonds. The topological polar surface area (TPSA) is 36.4 Å². The lowest BCUT2D eigenvalue weighted by Crippen LogP contribution is -2.48. The number of aromatic nitrogens is 1. The molecule has 23 heavy (non-hydrogen) atoms. The predicted octanol–water partition coefficient (Wildman–Crippen LogP) is 2.76. The van der Waals surface area contributed by atoms with E-state index in [2.05, 4.69) is 9.88 Å². The van der Waals surface area contributed by atoms with Crippen molar-refractivity contribution in [2.24, 2.45) is 0 Å². The van der Waals surface area contributed by atoms with E-state index in [0.29, 0.717) is 0 Å². The quantitative estimate of drug-likeness (QED) is 0.809. The summed E-state index contributed by atoms with van der Waals surface area (Å²) in [5.41, 5.74) is 2.05. The van der Waals surface area contributed by atoms with Crippen molar-refractivity contribution in [3.05, 3.63) is 59.9 Å². The van der Waals surface area contributed by atoms with Crippen molar-refractivity contribution >= 4 is 17.7 Å². The summed E-state index contributed by atoms with van der Waals surface area (Å²) in [7, 11) is 0. The lowest BCUT2D eigenvalue weighted by atomic mass is 10.1. The first-order chi connectivity index (χ1) is 11.3. The summed E-state index contributed by atoms with van der Waals surface area (Å²) < 4.78 is 0. The zero-order chi connectivity index (χ0) is 16.1. The lowest BCUT2D eigenvalue weighted by Gasteiger charge is -2.34. The molecule has 4 nitrogen and oxygen atoms in total. The van der Waals surface area contributed by atoms with E-state index in [1.807, 2.05) is 59.9 Å². The number of piperazine rings is 1. The zero-order valence-corrected chi connectivity index (χ0v) is 14.1. The molecule has 0 bridgehead atoms. The predicted molar refractivity (Wildman–Crippen MR) is 93.6 cm³/mol. The molecule has 0 saturated carbocycles. The number of carbonyl (C=O) groups is 1. The molecule has 1 saturated heterocycles. The Balaban J connectivity index is 1.54. The first kappa shape index (κ1) is 16.0. The third-order valence-corrected chi connectivity index (χ3v) is 4.90. The molecule has 1 aliphatic rings. The van der Waals surface area contributed by atoms with E-state index in [9.17, 15) is 4.79 Å². The monoisotopic (exact) mass is 327 g/mol. The maximum absolute atomic E-state index is 12.6. The van der Waals surface area contributed by atoms with Gasteiger partial charge >= 0.3 is 0 Å². The number of benzene rings is 1. The maximum Gasteiger partial charge on any atom is 0.253 e. The Morgan fingerprint density at radius 3 is 2.30 bits per heavy atom. The Hall–Kier alpha value is -1.85. The molecule has 3 rings (SSSR count). The molecule has 0 spiro atoms. The molecule has 1 aliphatic heterocycles. The Morgan fingerprint density at radius 1 is 1.04 bits per heavy atom. The smallest absolute Gasteiger partial charge is 0.253 e. The van der Waals surface area contributed by atoms with Crippen LogP contribution >= 0.6 is 11.8 Å². The molecule has 1 fully saturated rings. The minimum Gasteiger partial charge on any atom is -0.336 e. The van der Waals surface area contributed by atoms with Gasteiger partial charge in [-0.3, -0.25) is 14.7 Å². The highest BCUT2D eigenvalue weighted by Crippen LogP contribution is 2.17. The molecule has 1 aromatic carbocycles. The SMILES string of the molecule is CSc1ccc(C(=O)N2CCN(Cc3ccncc3)CC2)cc1. The Morgan fingerprint density at radius 2 is 1.70 bits per heavy atom. The molecule has 0 atom stereocenters. The van der Waals surface area contributed by atoms with Crippen molar-refractivity contribution in [1.29, 1.82) is 0 Å². The van der Waals surface area contributed by atoms with E-state index >= 15 is 0 Å². The number of carbonyl (C=O) groups excluding carboxylic acids is 1. The molecule has 2 aromatic rings. The second kappa shape index (κ2) is 7.62. The molecule has 0 unspecified atom stereocenters. The number of rotatable bonds is 4. The van der Waals surface area contributed by atoms with Crippen LogP contribution in [-0.4, -0.2) is 53.1 Å². The third-order valence-electron chi connectivity index (χ3n) is 4.15. The second-order valence-electron chi connectivity index (χ2n) is 5.65. The Kier molecular flexibility index (Phi) is 5.31. The summed E-state index contributed by atoms with van der Waals surface area (Å²) in [6.45, 7) is 4.32. The van der Waals surface area contributed by atoms with Crippen molar-refractivity contribution in [3.8, 4) is 0 Å². The van der Waals surface area contributed by atoms with Gasteiger partial charge in [-0.15, -0.1) is 11.8 Å². The Labute approximate surface area is 141 Å². The second-order valence-corrected chi connectivity index (χ2v) is 6.53. The summed E-state index contributed by atoms with van der Waals surface area (Å²) >= 11 is 1.69. The summed E-state index contributed by atoms with van der Waals surface area (Å²) in [6.07, 6.45) is 5.69. The molecular weight excluding hydrogens is 306 g/mol. The number of pyridine rings is 1. The number of amides is 1. The van der Waals surface area contributed by atoms with Crippen LogP contribution < -0.4 is 0 Å². The van der Waals surface area contributed by atoms with Crippen LogP contribution in [0, 0.1) is 0 Å². The van der Waals surface area contributed by atoms with Gasteiger partial charge in [0.05, 0.1) is 0 Å². The van der Waals surface area contributed by atoms with Gasteiger partial charge in [0, 0.05) is 55.6 Å². The lowest BCUT2D eigenvalue weighted by molar-refractivity contribution is 0.0628. The fourth-order valence-electron chi connectivity index (χ4n) is 2.77. The van der Waals surface area contributed by atoms with Crippen LogP contribution in [0.15, 0.2) is 53.7 Å². The van der Waals surface area contributed by atoms with Crippen molar-refractivity contribution in [2.75, 3.05) is 32.4 Å². The van der Waals surface area contributed by atoms with Crippen molar-refractivity contribution < 1.29 is 4.79 Å². The van der Waals surface area contributed by atoms with Crippen LogP contribution in [-0.2, 0) is 6.54 Å². The van der Waals surface area contributed by atoms with Crippen LogP contribution in [0.4, 0.5) is 0 Å². The highest BCUT2D eigenvalue weighted by Gasteiger charge is 2.22. The Bertz CT molecular complexity index is 637. The van der Waals surface area contributed by atoms with E-state index in [-0.39, 0.29) is 5.91 Å². The number of hydrogen-bond acceptors (Lipinski definition) is 4. The van der Waals surface area contributed by atoms with Gasteiger partial charge in [-0.1, -0.05) is 0 Å². The minimum absolute atomic E-state index is 0.140. The van der Waals surface area contributed by atoms with Crippen LogP contribution in [0.3, 0.4) is 0 Å². The summed E-state index contributed by atoms with van der Waals surface area (Å²) in [6, 6.07) is 12.0. The number of thioether (sulfide) groups is 1. The van der Waals surface area contributed by atoms with Crippen molar-refractivity contribution in [2.45, 2.75) is 11.4 Å². The van der Waals surface area contributed by atoms with E-state index in [1.54, 1.807) is 11.8 Å². The number of hydrogen-bond donors (Lipinski definition) is 0. The van der Waals surface area contributed by atoms with Gasteiger partial charge in [0.2, 0.25) is 0 Å². The molecule has 1 aromatic heterocycles. The van der Waals surface area contributed by atoms with Crippen LogP contribution in [0.1, 0.15) is 15.9 Å². The van der Waals surface area contributed by atoms with Crippen LogP contribution in [0.2, 0.25) is 0 Å². The molecule has 0 radical (unpaired) electrons. The molecule has 5 heteroatoms.